The molecule has 0 aliphatic heterocycles. The minimum Gasteiger partial charge on any atom is -0.323 e. The Labute approximate surface area is 98.8 Å². The van der Waals surface area contributed by atoms with E-state index in [1.54, 1.807) is 11.7 Å². The van der Waals surface area contributed by atoms with Crippen molar-refractivity contribution < 1.29 is 13.2 Å². The molecule has 0 aliphatic rings. The molecule has 0 radical (unpaired) electrons. The second-order valence-electron chi connectivity index (χ2n) is 4.15. The number of aromatic nitrogens is 2. The molecule has 0 amide bonds. The zero-order valence-electron chi connectivity index (χ0n) is 10.1. The molecule has 1 aromatic heterocycles. The molecule has 3 nitrogen and oxygen atoms in total. The second kappa shape index (κ2) is 5.53. The maximum Gasteiger partial charge on any atom is 0.389 e. The Morgan fingerprint density at radius 3 is 2.59 bits per heavy atom. The Bertz CT molecular complexity index is 357. The van der Waals surface area contributed by atoms with Crippen LogP contribution in [0.25, 0.3) is 0 Å². The zero-order valence-corrected chi connectivity index (χ0v) is 10.1. The van der Waals surface area contributed by atoms with Gasteiger partial charge in [-0.15, -0.1) is 0 Å². The van der Waals surface area contributed by atoms with Crippen LogP contribution in [0.2, 0.25) is 0 Å². The van der Waals surface area contributed by atoms with Crippen molar-refractivity contribution in [3.05, 3.63) is 17.5 Å². The molecule has 1 unspecified atom stereocenters. The molecule has 0 aliphatic carbocycles. The number of halogens is 3. The van der Waals surface area contributed by atoms with Crippen LogP contribution in [0.1, 0.15) is 43.6 Å². The maximum atomic E-state index is 12.0. The van der Waals surface area contributed by atoms with Gasteiger partial charge in [-0.25, -0.2) is 0 Å². The predicted octanol–water partition coefficient (Wildman–Crippen LogP) is 2.71. The van der Waals surface area contributed by atoms with Gasteiger partial charge in [-0.1, -0.05) is 6.92 Å². The summed E-state index contributed by atoms with van der Waals surface area (Å²) in [6, 6.07) is 1.48. The lowest BCUT2D eigenvalue weighted by Gasteiger charge is -2.12. The summed E-state index contributed by atoms with van der Waals surface area (Å²) in [6.07, 6.45) is -3.71. The summed E-state index contributed by atoms with van der Waals surface area (Å²) >= 11 is 0. The number of alkyl halides is 3. The highest BCUT2D eigenvalue weighted by molar-refractivity contribution is 5.13. The van der Waals surface area contributed by atoms with E-state index in [0.717, 1.165) is 17.8 Å². The van der Waals surface area contributed by atoms with Crippen molar-refractivity contribution in [2.45, 2.75) is 44.8 Å². The highest BCUT2D eigenvalue weighted by atomic mass is 19.4. The van der Waals surface area contributed by atoms with Gasteiger partial charge in [0.25, 0.3) is 0 Å². The van der Waals surface area contributed by atoms with E-state index in [2.05, 4.69) is 5.10 Å². The zero-order chi connectivity index (χ0) is 13.1. The molecule has 17 heavy (non-hydrogen) atoms. The van der Waals surface area contributed by atoms with E-state index >= 15 is 0 Å². The first kappa shape index (κ1) is 14.0. The number of nitrogens with zero attached hydrogens (tertiary/aromatic N) is 2. The van der Waals surface area contributed by atoms with E-state index in [9.17, 15) is 13.2 Å². The molecule has 0 aromatic carbocycles. The molecule has 1 rings (SSSR count). The van der Waals surface area contributed by atoms with Gasteiger partial charge in [0.15, 0.2) is 0 Å². The molecular weight excluding hydrogens is 231 g/mol. The van der Waals surface area contributed by atoms with Gasteiger partial charge >= 0.3 is 6.18 Å². The Morgan fingerprint density at radius 2 is 2.12 bits per heavy atom. The van der Waals surface area contributed by atoms with E-state index in [-0.39, 0.29) is 12.5 Å². The summed E-state index contributed by atoms with van der Waals surface area (Å²) in [7, 11) is 1.76. The van der Waals surface area contributed by atoms with Gasteiger partial charge in [0.2, 0.25) is 0 Å². The first-order valence-electron chi connectivity index (χ1n) is 5.68. The van der Waals surface area contributed by atoms with E-state index in [0.29, 0.717) is 6.42 Å². The Hall–Kier alpha value is -1.04. The van der Waals surface area contributed by atoms with E-state index < -0.39 is 12.6 Å². The third-order valence-electron chi connectivity index (χ3n) is 2.68. The van der Waals surface area contributed by atoms with Crippen molar-refractivity contribution in [1.82, 2.24) is 9.78 Å². The Balaban J connectivity index is 2.52. The van der Waals surface area contributed by atoms with Gasteiger partial charge < -0.3 is 5.73 Å². The van der Waals surface area contributed by atoms with Crippen LogP contribution >= 0.6 is 0 Å². The lowest BCUT2D eigenvalue weighted by Crippen LogP contribution is -2.16. The van der Waals surface area contributed by atoms with Gasteiger partial charge in [-0.05, 0) is 25.3 Å². The normalized spacial score (nSPS) is 14.0. The molecule has 0 saturated carbocycles. The number of hydrogen-bond donors (Lipinski definition) is 1. The summed E-state index contributed by atoms with van der Waals surface area (Å²) in [4.78, 5) is 0. The molecule has 1 aromatic rings. The van der Waals surface area contributed by atoms with E-state index in [1.807, 2.05) is 13.0 Å². The monoisotopic (exact) mass is 249 g/mol. The van der Waals surface area contributed by atoms with Crippen LogP contribution in [0.5, 0.6) is 0 Å². The Kier molecular flexibility index (Phi) is 4.56. The number of rotatable bonds is 5. The average molecular weight is 249 g/mol. The van der Waals surface area contributed by atoms with Crippen LogP contribution in [0.3, 0.4) is 0 Å². The first-order valence-corrected chi connectivity index (χ1v) is 5.68. The molecule has 0 saturated heterocycles. The lowest BCUT2D eigenvalue weighted by molar-refractivity contribution is -0.135. The number of hydrogen-bond acceptors (Lipinski definition) is 2. The van der Waals surface area contributed by atoms with Crippen molar-refractivity contribution in [3.8, 4) is 0 Å². The predicted molar refractivity (Wildman–Crippen MR) is 59.4 cm³/mol. The number of nitrogens with two attached hydrogens (primary N) is 1. The van der Waals surface area contributed by atoms with E-state index in [1.165, 1.54) is 0 Å². The molecule has 0 bridgehead atoms. The van der Waals surface area contributed by atoms with Gasteiger partial charge in [0, 0.05) is 19.5 Å². The highest BCUT2D eigenvalue weighted by Crippen LogP contribution is 2.25. The van der Waals surface area contributed by atoms with Crippen molar-refractivity contribution >= 4 is 0 Å². The maximum absolute atomic E-state index is 12.0. The standard InChI is InChI=1S/C11H18F3N3/c1-3-8-7-10(17(2)16-8)9(15)5-4-6-11(12,13)14/h7,9H,3-6,15H2,1-2H3. The third kappa shape index (κ3) is 4.38. The fourth-order valence-electron chi connectivity index (χ4n) is 1.73. The van der Waals surface area contributed by atoms with Crippen molar-refractivity contribution in [2.75, 3.05) is 0 Å². The molecule has 1 atom stereocenters. The number of aryl methyl sites for hydroxylation is 2. The molecule has 98 valence electrons. The average Bonchev–Trinajstić information content (AvgIpc) is 2.57. The molecule has 6 heteroatoms. The van der Waals surface area contributed by atoms with Gasteiger partial charge in [-0.2, -0.15) is 18.3 Å². The fourth-order valence-corrected chi connectivity index (χ4v) is 1.73. The van der Waals surface area contributed by atoms with Crippen molar-refractivity contribution in [2.24, 2.45) is 12.8 Å². The van der Waals surface area contributed by atoms with Crippen LogP contribution in [0.15, 0.2) is 6.07 Å². The second-order valence-corrected chi connectivity index (χ2v) is 4.15. The van der Waals surface area contributed by atoms with Crippen LogP contribution in [-0.2, 0) is 13.5 Å². The van der Waals surface area contributed by atoms with Gasteiger partial charge in [0.1, 0.15) is 0 Å². The van der Waals surface area contributed by atoms with Crippen LogP contribution in [0.4, 0.5) is 13.2 Å². The summed E-state index contributed by atoms with van der Waals surface area (Å²) in [5, 5.41) is 4.22. The molecule has 0 spiro atoms. The van der Waals surface area contributed by atoms with Crippen LogP contribution < -0.4 is 5.73 Å². The minimum atomic E-state index is -4.10. The molecule has 2 N–H and O–H groups in total. The highest BCUT2D eigenvalue weighted by Gasteiger charge is 2.26. The smallest absolute Gasteiger partial charge is 0.323 e. The summed E-state index contributed by atoms with van der Waals surface area (Å²) < 4.78 is 37.6. The fraction of sp³-hybridized carbons (Fsp3) is 0.727. The van der Waals surface area contributed by atoms with Gasteiger partial charge in [0.05, 0.1) is 11.4 Å². The minimum absolute atomic E-state index is 0.0529. The molecular formula is C11H18F3N3. The van der Waals surface area contributed by atoms with Gasteiger partial charge in [-0.3, -0.25) is 4.68 Å². The third-order valence-corrected chi connectivity index (χ3v) is 2.68. The Morgan fingerprint density at radius 1 is 1.47 bits per heavy atom. The van der Waals surface area contributed by atoms with Crippen LogP contribution in [0, 0.1) is 0 Å². The largest absolute Gasteiger partial charge is 0.389 e. The molecule has 0 fully saturated rings. The van der Waals surface area contributed by atoms with Crippen molar-refractivity contribution in [3.63, 3.8) is 0 Å². The topological polar surface area (TPSA) is 43.8 Å². The SMILES string of the molecule is CCc1cc(C(N)CCCC(F)(F)F)n(C)n1. The summed E-state index contributed by atoms with van der Waals surface area (Å²) in [5.41, 5.74) is 7.57. The molecule has 1 heterocycles. The van der Waals surface area contributed by atoms with E-state index in [4.69, 9.17) is 5.73 Å². The summed E-state index contributed by atoms with van der Waals surface area (Å²) in [5.74, 6) is 0. The van der Waals surface area contributed by atoms with Crippen LogP contribution in [-0.4, -0.2) is 16.0 Å². The summed E-state index contributed by atoms with van der Waals surface area (Å²) in [6.45, 7) is 1.97. The lowest BCUT2D eigenvalue weighted by atomic mass is 10.1. The van der Waals surface area contributed by atoms with Crippen molar-refractivity contribution in [1.29, 1.82) is 0 Å². The quantitative estimate of drug-likeness (QED) is 0.872. The first-order chi connectivity index (χ1) is 7.83.